The summed E-state index contributed by atoms with van der Waals surface area (Å²) in [5.41, 5.74) is 1.02. The molecule has 0 aromatic heterocycles. The third-order valence-electron chi connectivity index (χ3n) is 4.83. The Morgan fingerprint density at radius 2 is 1.92 bits per heavy atom. The van der Waals surface area contributed by atoms with Gasteiger partial charge >= 0.3 is 0 Å². The largest absolute Gasteiger partial charge is 0.375 e. The Balaban J connectivity index is 1.63. The molecule has 2 aliphatic heterocycles. The monoisotopic (exact) mass is 360 g/mol. The van der Waals surface area contributed by atoms with Gasteiger partial charge < -0.3 is 14.5 Å². The zero-order chi connectivity index (χ0) is 17.7. The summed E-state index contributed by atoms with van der Waals surface area (Å²) in [5, 5.41) is 0. The number of hydrogen-bond acceptors (Lipinski definition) is 4. The summed E-state index contributed by atoms with van der Waals surface area (Å²) < 4.78 is 4.94. The fourth-order valence-corrected chi connectivity index (χ4v) is 4.94. The molecule has 0 aliphatic carbocycles. The summed E-state index contributed by atoms with van der Waals surface area (Å²) >= 11 is 1.85. The van der Waals surface area contributed by atoms with Gasteiger partial charge in [-0.05, 0) is 24.5 Å². The number of likely N-dealkylation sites (tertiary alicyclic amines) is 1. The van der Waals surface area contributed by atoms with Crippen LogP contribution in [0.1, 0.15) is 18.4 Å². The number of methoxy groups -OCH3 is 1. The average molecular weight is 360 g/mol. The minimum atomic E-state index is -0.165. The number of rotatable bonds is 4. The van der Waals surface area contributed by atoms with Gasteiger partial charge in [0.15, 0.2) is 0 Å². The van der Waals surface area contributed by atoms with Crippen LogP contribution in [0, 0.1) is 0 Å². The van der Waals surface area contributed by atoms with Crippen molar-refractivity contribution in [3.63, 3.8) is 0 Å². The minimum Gasteiger partial charge on any atom is -0.375 e. The molecule has 2 fully saturated rings. The molecule has 2 heterocycles. The van der Waals surface area contributed by atoms with Gasteiger partial charge in [-0.3, -0.25) is 9.59 Å². The molecule has 2 saturated heterocycles. The van der Waals surface area contributed by atoms with E-state index >= 15 is 0 Å². The minimum absolute atomic E-state index is 0.0298. The summed E-state index contributed by atoms with van der Waals surface area (Å²) in [6.07, 6.45) is 5.18. The molecule has 2 amide bonds. The highest BCUT2D eigenvalue weighted by atomic mass is 32.2. The van der Waals surface area contributed by atoms with E-state index in [1.165, 1.54) is 7.11 Å². The first-order valence-electron chi connectivity index (χ1n) is 8.60. The molecule has 0 atom stereocenters. The Kier molecular flexibility index (Phi) is 5.81. The Morgan fingerprint density at radius 1 is 1.20 bits per heavy atom. The lowest BCUT2D eigenvalue weighted by Crippen LogP contribution is -2.53. The van der Waals surface area contributed by atoms with Crippen molar-refractivity contribution >= 4 is 29.7 Å². The van der Waals surface area contributed by atoms with Crippen molar-refractivity contribution in [2.75, 3.05) is 39.1 Å². The molecule has 0 unspecified atom stereocenters. The third kappa shape index (κ3) is 4.07. The smallest absolute Gasteiger partial charge is 0.248 e. The molecule has 0 saturated carbocycles. The molecule has 2 aliphatic rings. The van der Waals surface area contributed by atoms with Crippen LogP contribution in [0.25, 0.3) is 6.08 Å². The Labute approximate surface area is 153 Å². The Bertz CT molecular complexity index is 639. The van der Waals surface area contributed by atoms with Gasteiger partial charge in [-0.2, -0.15) is 0 Å². The molecule has 3 rings (SSSR count). The summed E-state index contributed by atoms with van der Waals surface area (Å²) in [5.74, 6) is 1.05. The van der Waals surface area contributed by atoms with Gasteiger partial charge in [-0.15, -0.1) is 11.8 Å². The van der Waals surface area contributed by atoms with Crippen LogP contribution in [0.15, 0.2) is 36.4 Å². The Morgan fingerprint density at radius 3 is 2.60 bits per heavy atom. The standard InChI is InChI=1S/C19H24N2O3S/c1-24-15-18(23)20-11-9-19(10-12-20)21(13-14-25-19)17(22)8-7-16-5-3-2-4-6-16/h2-8H,9-15H2,1H3. The number of carbonyl (C=O) groups is 2. The maximum atomic E-state index is 12.7. The van der Waals surface area contributed by atoms with E-state index in [9.17, 15) is 9.59 Å². The highest BCUT2D eigenvalue weighted by molar-refractivity contribution is 8.00. The van der Waals surface area contributed by atoms with E-state index in [-0.39, 0.29) is 23.3 Å². The van der Waals surface area contributed by atoms with E-state index in [2.05, 4.69) is 0 Å². The molecule has 0 bridgehead atoms. The second-order valence-electron chi connectivity index (χ2n) is 6.34. The van der Waals surface area contributed by atoms with Crippen LogP contribution in [0.2, 0.25) is 0 Å². The molecule has 134 valence electrons. The van der Waals surface area contributed by atoms with Gasteiger partial charge in [-0.25, -0.2) is 0 Å². The van der Waals surface area contributed by atoms with E-state index in [1.807, 2.05) is 58.0 Å². The van der Waals surface area contributed by atoms with Gasteiger partial charge in [0, 0.05) is 38.6 Å². The van der Waals surface area contributed by atoms with Crippen LogP contribution in [0.3, 0.4) is 0 Å². The predicted molar refractivity (Wildman–Crippen MR) is 100 cm³/mol. The molecule has 0 N–H and O–H groups in total. The number of amides is 2. The summed E-state index contributed by atoms with van der Waals surface area (Å²) in [4.78, 5) is 28.4. The van der Waals surface area contributed by atoms with Crippen molar-refractivity contribution in [2.24, 2.45) is 0 Å². The number of carbonyl (C=O) groups excluding carboxylic acids is 2. The first kappa shape index (κ1) is 18.0. The van der Waals surface area contributed by atoms with Crippen LogP contribution >= 0.6 is 11.8 Å². The van der Waals surface area contributed by atoms with Crippen molar-refractivity contribution in [1.82, 2.24) is 9.80 Å². The zero-order valence-corrected chi connectivity index (χ0v) is 15.3. The van der Waals surface area contributed by atoms with E-state index in [0.29, 0.717) is 13.1 Å². The van der Waals surface area contributed by atoms with Gasteiger partial charge in [-0.1, -0.05) is 30.3 Å². The molecule has 6 heteroatoms. The van der Waals surface area contributed by atoms with E-state index in [1.54, 1.807) is 6.08 Å². The van der Waals surface area contributed by atoms with Crippen LogP contribution < -0.4 is 0 Å². The topological polar surface area (TPSA) is 49.9 Å². The van der Waals surface area contributed by atoms with E-state index in [0.717, 1.165) is 30.7 Å². The van der Waals surface area contributed by atoms with Gasteiger partial charge in [0.05, 0.1) is 4.87 Å². The lowest BCUT2D eigenvalue weighted by atomic mass is 10.0. The van der Waals surface area contributed by atoms with E-state index in [4.69, 9.17) is 4.74 Å². The van der Waals surface area contributed by atoms with Gasteiger partial charge in [0.1, 0.15) is 6.61 Å². The lowest BCUT2D eigenvalue weighted by Gasteiger charge is -2.43. The predicted octanol–water partition coefficient (Wildman–Crippen LogP) is 2.24. The molecule has 1 spiro atoms. The highest BCUT2D eigenvalue weighted by Gasteiger charge is 2.46. The van der Waals surface area contributed by atoms with E-state index < -0.39 is 0 Å². The normalized spacial score (nSPS) is 19.7. The first-order chi connectivity index (χ1) is 12.1. The Hall–Kier alpha value is -1.79. The second-order valence-corrected chi connectivity index (χ2v) is 7.80. The van der Waals surface area contributed by atoms with Gasteiger partial charge in [0.2, 0.25) is 11.8 Å². The molecule has 25 heavy (non-hydrogen) atoms. The maximum Gasteiger partial charge on any atom is 0.248 e. The van der Waals surface area contributed by atoms with Crippen molar-refractivity contribution in [2.45, 2.75) is 17.7 Å². The van der Waals surface area contributed by atoms with Crippen molar-refractivity contribution in [3.05, 3.63) is 42.0 Å². The number of piperidine rings is 1. The summed E-state index contributed by atoms with van der Waals surface area (Å²) in [6.45, 7) is 2.26. The molecule has 5 nitrogen and oxygen atoms in total. The first-order valence-corrected chi connectivity index (χ1v) is 9.59. The van der Waals surface area contributed by atoms with Gasteiger partial charge in [0.25, 0.3) is 0 Å². The second kappa shape index (κ2) is 8.06. The average Bonchev–Trinajstić information content (AvgIpc) is 3.04. The van der Waals surface area contributed by atoms with Crippen LogP contribution in [0.4, 0.5) is 0 Å². The molecular formula is C19H24N2O3S. The third-order valence-corrected chi connectivity index (χ3v) is 6.38. The van der Waals surface area contributed by atoms with Crippen molar-refractivity contribution in [3.8, 4) is 0 Å². The number of benzene rings is 1. The number of ether oxygens (including phenoxy) is 1. The highest BCUT2D eigenvalue weighted by Crippen LogP contribution is 2.44. The number of hydrogen-bond donors (Lipinski definition) is 0. The molecule has 0 radical (unpaired) electrons. The quantitative estimate of drug-likeness (QED) is 0.773. The molecule has 1 aromatic rings. The van der Waals surface area contributed by atoms with Crippen LogP contribution in [-0.4, -0.2) is 65.6 Å². The number of thioether (sulfide) groups is 1. The van der Waals surface area contributed by atoms with Crippen molar-refractivity contribution in [1.29, 1.82) is 0 Å². The fraction of sp³-hybridized carbons (Fsp3) is 0.474. The zero-order valence-electron chi connectivity index (χ0n) is 14.5. The maximum absolute atomic E-state index is 12.7. The summed E-state index contributed by atoms with van der Waals surface area (Å²) in [6, 6.07) is 9.86. The summed E-state index contributed by atoms with van der Waals surface area (Å²) in [7, 11) is 1.54. The van der Waals surface area contributed by atoms with Crippen molar-refractivity contribution < 1.29 is 14.3 Å². The molecular weight excluding hydrogens is 336 g/mol. The van der Waals surface area contributed by atoms with Crippen LogP contribution in [0.5, 0.6) is 0 Å². The molecule has 1 aromatic carbocycles. The number of nitrogens with zero attached hydrogens (tertiary/aromatic N) is 2. The SMILES string of the molecule is COCC(=O)N1CCC2(CC1)SCCN2C(=O)C=Cc1ccccc1. The van der Waals surface area contributed by atoms with Crippen LogP contribution in [-0.2, 0) is 14.3 Å². The lowest BCUT2D eigenvalue weighted by molar-refractivity contribution is -0.138. The fourth-order valence-electron chi connectivity index (χ4n) is 3.48.